The molecular weight excluding hydrogens is 363 g/mol. The highest BCUT2D eigenvalue weighted by atomic mass is 35.5. The molecule has 128 valence electrons. The van der Waals surface area contributed by atoms with Gasteiger partial charge < -0.3 is 9.55 Å². The molecule has 3 heterocycles. The fraction of sp³-hybridized carbons (Fsp3) is 0.235. The highest BCUT2D eigenvalue weighted by Gasteiger charge is 2.29. The number of nitrogens with zero attached hydrogens (tertiary/aromatic N) is 3. The summed E-state index contributed by atoms with van der Waals surface area (Å²) in [6.07, 6.45) is 5.43. The predicted molar refractivity (Wildman–Crippen MR) is 94.0 cm³/mol. The number of imidazole rings is 2. The van der Waals surface area contributed by atoms with Gasteiger partial charge in [0.25, 0.3) is 0 Å². The number of rotatable bonds is 3. The van der Waals surface area contributed by atoms with Crippen molar-refractivity contribution in [3.8, 4) is 0 Å². The summed E-state index contributed by atoms with van der Waals surface area (Å²) in [6, 6.07) is 4.59. The van der Waals surface area contributed by atoms with Gasteiger partial charge in [-0.05, 0) is 42.4 Å². The highest BCUT2D eigenvalue weighted by molar-refractivity contribution is 7.71. The zero-order chi connectivity index (χ0) is 17.6. The number of hydrogen-bond acceptors (Lipinski definition) is 3. The predicted octanol–water partition coefficient (Wildman–Crippen LogP) is 3.76. The first kappa shape index (κ1) is 16.2. The van der Waals surface area contributed by atoms with E-state index in [1.807, 2.05) is 4.57 Å². The summed E-state index contributed by atoms with van der Waals surface area (Å²) in [6.45, 7) is 0.571. The van der Waals surface area contributed by atoms with E-state index in [2.05, 4.69) is 9.97 Å². The van der Waals surface area contributed by atoms with Gasteiger partial charge in [-0.1, -0.05) is 11.6 Å². The number of halogens is 2. The molecule has 1 aliphatic heterocycles. The second-order valence-corrected chi connectivity index (χ2v) is 6.90. The van der Waals surface area contributed by atoms with Gasteiger partial charge in [0.15, 0.2) is 4.77 Å². The smallest absolute Gasteiger partial charge is 0.237 e. The number of benzene rings is 1. The Morgan fingerprint density at radius 1 is 1.48 bits per heavy atom. The van der Waals surface area contributed by atoms with Gasteiger partial charge in [-0.25, -0.2) is 9.37 Å². The lowest BCUT2D eigenvalue weighted by atomic mass is 9.95. The first-order valence-corrected chi connectivity index (χ1v) is 8.58. The molecule has 1 unspecified atom stereocenters. The Morgan fingerprint density at radius 2 is 2.32 bits per heavy atom. The molecule has 0 amide bonds. The third kappa shape index (κ3) is 2.94. The third-order valence-corrected chi connectivity index (χ3v) is 5.10. The SMILES string of the molecule is O=C(Cc1[nH]c(=S)n2c1CC(c1cc(Cl)ccc1F)C2)n1ccnc1. The zero-order valence-corrected chi connectivity index (χ0v) is 14.6. The molecule has 5 nitrogen and oxygen atoms in total. The van der Waals surface area contributed by atoms with E-state index in [9.17, 15) is 9.18 Å². The minimum atomic E-state index is -0.272. The van der Waals surface area contributed by atoms with Crippen molar-refractivity contribution in [1.29, 1.82) is 0 Å². The molecule has 0 radical (unpaired) electrons. The van der Waals surface area contributed by atoms with Crippen molar-refractivity contribution in [3.05, 3.63) is 69.5 Å². The molecule has 1 N–H and O–H groups in total. The van der Waals surface area contributed by atoms with Gasteiger partial charge in [0.1, 0.15) is 12.1 Å². The van der Waals surface area contributed by atoms with E-state index in [-0.39, 0.29) is 24.1 Å². The van der Waals surface area contributed by atoms with Crippen LogP contribution < -0.4 is 0 Å². The fourth-order valence-corrected chi connectivity index (χ4v) is 3.82. The van der Waals surface area contributed by atoms with Gasteiger partial charge in [0.05, 0.1) is 6.42 Å². The van der Waals surface area contributed by atoms with Gasteiger partial charge in [0.2, 0.25) is 5.91 Å². The molecule has 1 atom stereocenters. The van der Waals surface area contributed by atoms with Gasteiger partial charge in [-0.3, -0.25) is 9.36 Å². The van der Waals surface area contributed by atoms with Crippen LogP contribution in [0.5, 0.6) is 0 Å². The molecule has 25 heavy (non-hydrogen) atoms. The average Bonchev–Trinajstić information content (AvgIpc) is 3.29. The molecule has 2 aromatic heterocycles. The maximum absolute atomic E-state index is 14.2. The minimum absolute atomic E-state index is 0.0490. The van der Waals surface area contributed by atoms with E-state index in [1.165, 1.54) is 23.0 Å². The summed E-state index contributed by atoms with van der Waals surface area (Å²) in [5, 5.41) is 0.508. The summed E-state index contributed by atoms with van der Waals surface area (Å²) < 4.78 is 18.1. The van der Waals surface area contributed by atoms with Gasteiger partial charge in [-0.15, -0.1) is 0 Å². The number of hydrogen-bond donors (Lipinski definition) is 1. The molecule has 0 spiro atoms. The second kappa shape index (κ2) is 6.24. The standard InChI is InChI=1S/C17H14ClFN4OS/c18-11-1-2-13(19)12(6-11)10-5-15-14(21-17(25)23(15)8-10)7-16(24)22-4-3-20-9-22/h1-4,6,9-10H,5,7-8H2,(H,21,25). The third-order valence-electron chi connectivity index (χ3n) is 4.54. The second-order valence-electron chi connectivity index (χ2n) is 6.07. The number of carbonyl (C=O) groups is 1. The lowest BCUT2D eigenvalue weighted by molar-refractivity contribution is 0.0912. The van der Waals surface area contributed by atoms with Crippen molar-refractivity contribution in [2.75, 3.05) is 0 Å². The number of carbonyl (C=O) groups excluding carboxylic acids is 1. The first-order valence-electron chi connectivity index (χ1n) is 7.79. The zero-order valence-electron chi connectivity index (χ0n) is 13.1. The van der Waals surface area contributed by atoms with E-state index in [4.69, 9.17) is 23.8 Å². The molecule has 0 saturated heterocycles. The van der Waals surface area contributed by atoms with Gasteiger partial charge >= 0.3 is 0 Å². The Hall–Kier alpha value is -2.25. The average molecular weight is 377 g/mol. The Balaban J connectivity index is 1.63. The summed E-state index contributed by atoms with van der Waals surface area (Å²) >= 11 is 11.4. The van der Waals surface area contributed by atoms with Crippen LogP contribution in [0.3, 0.4) is 0 Å². The van der Waals surface area contributed by atoms with Crippen LogP contribution in [0, 0.1) is 10.6 Å². The van der Waals surface area contributed by atoms with Crippen LogP contribution in [0.2, 0.25) is 5.02 Å². The van der Waals surface area contributed by atoms with E-state index in [0.29, 0.717) is 28.3 Å². The van der Waals surface area contributed by atoms with E-state index in [0.717, 1.165) is 11.4 Å². The number of aromatic nitrogens is 4. The normalized spacial score (nSPS) is 16.2. The summed E-state index contributed by atoms with van der Waals surface area (Å²) in [4.78, 5) is 19.3. The molecule has 0 aliphatic carbocycles. The number of nitrogens with one attached hydrogen (secondary N) is 1. The maximum Gasteiger partial charge on any atom is 0.237 e. The molecule has 0 saturated carbocycles. The van der Waals surface area contributed by atoms with Crippen molar-refractivity contribution in [2.45, 2.75) is 25.3 Å². The molecule has 8 heteroatoms. The first-order chi connectivity index (χ1) is 12.0. The van der Waals surface area contributed by atoms with Crippen molar-refractivity contribution in [2.24, 2.45) is 0 Å². The summed E-state index contributed by atoms with van der Waals surface area (Å²) in [5.41, 5.74) is 2.30. The highest BCUT2D eigenvalue weighted by Crippen LogP contribution is 2.34. The molecular formula is C17H14ClFN4OS. The lowest BCUT2D eigenvalue weighted by Gasteiger charge is -2.11. The van der Waals surface area contributed by atoms with Crippen LogP contribution in [0.1, 0.15) is 27.7 Å². The molecule has 4 rings (SSSR count). The monoisotopic (exact) mass is 376 g/mol. The van der Waals surface area contributed by atoms with Crippen molar-refractivity contribution >= 4 is 29.7 Å². The lowest BCUT2D eigenvalue weighted by Crippen LogP contribution is -2.13. The Morgan fingerprint density at radius 3 is 3.08 bits per heavy atom. The molecule has 0 bridgehead atoms. The van der Waals surface area contributed by atoms with E-state index in [1.54, 1.807) is 18.5 Å². The molecule has 0 fully saturated rings. The van der Waals surface area contributed by atoms with Crippen LogP contribution in [-0.2, 0) is 19.4 Å². The fourth-order valence-electron chi connectivity index (χ4n) is 3.33. The molecule has 3 aromatic rings. The largest absolute Gasteiger partial charge is 0.334 e. The maximum atomic E-state index is 14.2. The summed E-state index contributed by atoms with van der Waals surface area (Å²) in [7, 11) is 0. The Labute approximate surface area is 153 Å². The minimum Gasteiger partial charge on any atom is -0.334 e. The van der Waals surface area contributed by atoms with Crippen molar-refractivity contribution in [1.82, 2.24) is 19.1 Å². The van der Waals surface area contributed by atoms with Crippen LogP contribution in [0.15, 0.2) is 36.9 Å². The number of aromatic amines is 1. The van der Waals surface area contributed by atoms with Crippen molar-refractivity contribution < 1.29 is 9.18 Å². The Bertz CT molecular complexity index is 1010. The Kier molecular flexibility index (Phi) is 4.05. The van der Waals surface area contributed by atoms with E-state index >= 15 is 0 Å². The number of fused-ring (bicyclic) bond motifs is 1. The van der Waals surface area contributed by atoms with E-state index < -0.39 is 0 Å². The van der Waals surface area contributed by atoms with Crippen LogP contribution >= 0.6 is 23.8 Å². The van der Waals surface area contributed by atoms with Crippen LogP contribution in [-0.4, -0.2) is 25.0 Å². The molecule has 1 aliphatic rings. The van der Waals surface area contributed by atoms with Crippen LogP contribution in [0.25, 0.3) is 0 Å². The number of H-pyrrole nitrogens is 1. The summed E-state index contributed by atoms with van der Waals surface area (Å²) in [5.74, 6) is -0.423. The van der Waals surface area contributed by atoms with Gasteiger partial charge in [-0.2, -0.15) is 0 Å². The van der Waals surface area contributed by atoms with Crippen LogP contribution in [0.4, 0.5) is 4.39 Å². The molecule has 1 aromatic carbocycles. The quantitative estimate of drug-likeness (QED) is 0.708. The topological polar surface area (TPSA) is 55.6 Å². The van der Waals surface area contributed by atoms with Gasteiger partial charge in [0, 0.05) is 41.3 Å². The van der Waals surface area contributed by atoms with Crippen molar-refractivity contribution in [3.63, 3.8) is 0 Å².